The van der Waals surface area contributed by atoms with Crippen molar-refractivity contribution < 1.29 is 4.52 Å². The monoisotopic (exact) mass is 271 g/mol. The lowest BCUT2D eigenvalue weighted by atomic mass is 10.1. The summed E-state index contributed by atoms with van der Waals surface area (Å²) in [5.74, 6) is 3.60. The second-order valence-electron chi connectivity index (χ2n) is 4.40. The van der Waals surface area contributed by atoms with Crippen molar-refractivity contribution in [1.82, 2.24) is 15.5 Å². The van der Waals surface area contributed by atoms with Gasteiger partial charge in [-0.2, -0.15) is 16.7 Å². The summed E-state index contributed by atoms with van der Waals surface area (Å²) in [6.07, 6.45) is 4.35. The molecule has 1 heterocycles. The number of rotatable bonds is 10. The molecule has 0 amide bonds. The molecule has 1 aromatic heterocycles. The van der Waals surface area contributed by atoms with E-state index in [2.05, 4.69) is 36.2 Å². The van der Waals surface area contributed by atoms with Gasteiger partial charge in [-0.05, 0) is 25.1 Å². The van der Waals surface area contributed by atoms with Crippen LogP contribution < -0.4 is 5.32 Å². The topological polar surface area (TPSA) is 51.0 Å². The molecule has 0 saturated carbocycles. The van der Waals surface area contributed by atoms with Crippen molar-refractivity contribution in [2.45, 2.75) is 58.2 Å². The van der Waals surface area contributed by atoms with Gasteiger partial charge in [0.2, 0.25) is 5.89 Å². The van der Waals surface area contributed by atoms with Crippen LogP contribution >= 0.6 is 11.8 Å². The van der Waals surface area contributed by atoms with Crippen LogP contribution in [-0.2, 0) is 12.2 Å². The molecule has 1 unspecified atom stereocenters. The highest BCUT2D eigenvalue weighted by atomic mass is 32.2. The van der Waals surface area contributed by atoms with E-state index >= 15 is 0 Å². The molecule has 0 spiro atoms. The summed E-state index contributed by atoms with van der Waals surface area (Å²) in [5, 5.41) is 7.49. The minimum atomic E-state index is 0.455. The van der Waals surface area contributed by atoms with E-state index in [4.69, 9.17) is 4.52 Å². The third-order valence-corrected chi connectivity index (χ3v) is 3.80. The zero-order valence-corrected chi connectivity index (χ0v) is 12.6. The third kappa shape index (κ3) is 5.87. The molecule has 0 fully saturated rings. The van der Waals surface area contributed by atoms with E-state index in [1.165, 1.54) is 12.8 Å². The highest BCUT2D eigenvalue weighted by molar-refractivity contribution is 7.98. The van der Waals surface area contributed by atoms with Crippen molar-refractivity contribution in [3.63, 3.8) is 0 Å². The van der Waals surface area contributed by atoms with E-state index in [9.17, 15) is 0 Å². The second-order valence-corrected chi connectivity index (χ2v) is 5.51. The van der Waals surface area contributed by atoms with Crippen LogP contribution in [0.15, 0.2) is 4.52 Å². The van der Waals surface area contributed by atoms with Gasteiger partial charge in [0, 0.05) is 12.5 Å². The average molecular weight is 271 g/mol. The highest BCUT2D eigenvalue weighted by Crippen LogP contribution is 2.12. The van der Waals surface area contributed by atoms with Gasteiger partial charge >= 0.3 is 0 Å². The molecule has 1 atom stereocenters. The Morgan fingerprint density at radius 2 is 2.11 bits per heavy atom. The van der Waals surface area contributed by atoms with Gasteiger partial charge in [0.15, 0.2) is 5.82 Å². The lowest BCUT2D eigenvalue weighted by Gasteiger charge is -2.14. The molecule has 0 aliphatic rings. The Morgan fingerprint density at radius 1 is 1.28 bits per heavy atom. The van der Waals surface area contributed by atoms with Gasteiger partial charge < -0.3 is 9.84 Å². The molecule has 1 N–H and O–H groups in total. The zero-order chi connectivity index (χ0) is 13.2. The van der Waals surface area contributed by atoms with Crippen molar-refractivity contribution in [3.05, 3.63) is 11.7 Å². The van der Waals surface area contributed by atoms with Crippen LogP contribution in [0.1, 0.15) is 51.7 Å². The van der Waals surface area contributed by atoms with Crippen molar-refractivity contribution in [1.29, 1.82) is 0 Å². The van der Waals surface area contributed by atoms with Gasteiger partial charge in [-0.15, -0.1) is 0 Å². The Balaban J connectivity index is 2.40. The number of thioether (sulfide) groups is 1. The van der Waals surface area contributed by atoms with Gasteiger partial charge in [-0.3, -0.25) is 0 Å². The normalized spacial score (nSPS) is 12.8. The average Bonchev–Trinajstić information content (AvgIpc) is 2.78. The summed E-state index contributed by atoms with van der Waals surface area (Å²) in [6.45, 7) is 7.49. The fourth-order valence-corrected chi connectivity index (χ4v) is 2.60. The first kappa shape index (κ1) is 15.5. The fraction of sp³-hybridized carbons (Fsp3) is 0.846. The third-order valence-electron chi connectivity index (χ3n) is 2.64. The molecule has 4 nitrogen and oxygen atoms in total. The van der Waals surface area contributed by atoms with Gasteiger partial charge in [0.05, 0.1) is 5.75 Å². The SMILES string of the molecule is CCCSCc1noc(CC(CCC)NCC)n1. The Morgan fingerprint density at radius 3 is 2.78 bits per heavy atom. The number of aromatic nitrogens is 2. The first-order valence-electron chi connectivity index (χ1n) is 6.92. The van der Waals surface area contributed by atoms with Crippen LogP contribution in [0.25, 0.3) is 0 Å². The van der Waals surface area contributed by atoms with Crippen LogP contribution in [0.5, 0.6) is 0 Å². The molecule has 0 aliphatic heterocycles. The van der Waals surface area contributed by atoms with Crippen LogP contribution in [0.2, 0.25) is 0 Å². The molecule has 18 heavy (non-hydrogen) atoms. The predicted octanol–water partition coefficient (Wildman–Crippen LogP) is 3.03. The van der Waals surface area contributed by atoms with Crippen LogP contribution in [0.4, 0.5) is 0 Å². The van der Waals surface area contributed by atoms with Gasteiger partial charge in [0.1, 0.15) is 0 Å². The zero-order valence-electron chi connectivity index (χ0n) is 11.7. The number of hydrogen-bond donors (Lipinski definition) is 1. The first-order valence-corrected chi connectivity index (χ1v) is 8.08. The molecule has 1 aromatic rings. The summed E-state index contributed by atoms with van der Waals surface area (Å²) >= 11 is 1.86. The van der Waals surface area contributed by atoms with Crippen LogP contribution in [0.3, 0.4) is 0 Å². The van der Waals surface area contributed by atoms with Crippen molar-refractivity contribution >= 4 is 11.8 Å². The van der Waals surface area contributed by atoms with E-state index in [-0.39, 0.29) is 0 Å². The predicted molar refractivity (Wildman–Crippen MR) is 76.8 cm³/mol. The van der Waals surface area contributed by atoms with Gasteiger partial charge in [-0.1, -0.05) is 32.3 Å². The quantitative estimate of drug-likeness (QED) is 0.663. The molecule has 0 radical (unpaired) electrons. The number of likely N-dealkylation sites (N-methyl/N-ethyl adjacent to an activating group) is 1. The van der Waals surface area contributed by atoms with Crippen LogP contribution in [-0.4, -0.2) is 28.5 Å². The summed E-state index contributed by atoms with van der Waals surface area (Å²) < 4.78 is 5.30. The fourth-order valence-electron chi connectivity index (χ4n) is 1.86. The standard InChI is InChI=1S/C13H25N3OS/c1-4-7-11(14-6-3)9-13-15-12(16-17-13)10-18-8-5-2/h11,14H,4-10H2,1-3H3. The Labute approximate surface area is 114 Å². The van der Waals surface area contributed by atoms with Crippen molar-refractivity contribution in [2.75, 3.05) is 12.3 Å². The molecule has 0 saturated heterocycles. The van der Waals surface area contributed by atoms with Gasteiger partial charge in [0.25, 0.3) is 0 Å². The maximum absolute atomic E-state index is 5.30. The summed E-state index contributed by atoms with van der Waals surface area (Å²) in [7, 11) is 0. The molecular formula is C13H25N3OS. The van der Waals surface area contributed by atoms with Crippen LogP contribution in [0, 0.1) is 0 Å². The first-order chi connectivity index (χ1) is 8.80. The molecule has 0 bridgehead atoms. The molecule has 5 heteroatoms. The maximum atomic E-state index is 5.30. The number of nitrogens with zero attached hydrogens (tertiary/aromatic N) is 2. The second kappa shape index (κ2) is 9.39. The van der Waals surface area contributed by atoms with E-state index in [0.717, 1.165) is 42.6 Å². The molecule has 104 valence electrons. The molecular weight excluding hydrogens is 246 g/mol. The van der Waals surface area contributed by atoms with E-state index in [0.29, 0.717) is 6.04 Å². The molecule has 0 aromatic carbocycles. The summed E-state index contributed by atoms with van der Waals surface area (Å²) in [4.78, 5) is 4.45. The summed E-state index contributed by atoms with van der Waals surface area (Å²) in [5.41, 5.74) is 0. The number of hydrogen-bond acceptors (Lipinski definition) is 5. The lowest BCUT2D eigenvalue weighted by molar-refractivity contribution is 0.349. The van der Waals surface area contributed by atoms with Gasteiger partial charge in [-0.25, -0.2) is 0 Å². The Bertz CT molecular complexity index is 311. The smallest absolute Gasteiger partial charge is 0.228 e. The largest absolute Gasteiger partial charge is 0.339 e. The number of nitrogens with one attached hydrogen (secondary N) is 1. The van der Waals surface area contributed by atoms with E-state index < -0.39 is 0 Å². The van der Waals surface area contributed by atoms with E-state index in [1.54, 1.807) is 0 Å². The molecule has 1 rings (SSSR count). The minimum absolute atomic E-state index is 0.455. The Kier molecular flexibility index (Phi) is 8.09. The maximum Gasteiger partial charge on any atom is 0.228 e. The molecule has 0 aliphatic carbocycles. The van der Waals surface area contributed by atoms with Crippen molar-refractivity contribution in [3.8, 4) is 0 Å². The Hall–Kier alpha value is -0.550. The lowest BCUT2D eigenvalue weighted by Crippen LogP contribution is -2.30. The van der Waals surface area contributed by atoms with E-state index in [1.807, 2.05) is 11.8 Å². The highest BCUT2D eigenvalue weighted by Gasteiger charge is 2.13. The minimum Gasteiger partial charge on any atom is -0.339 e. The van der Waals surface area contributed by atoms with Crippen molar-refractivity contribution in [2.24, 2.45) is 0 Å². The summed E-state index contributed by atoms with van der Waals surface area (Å²) in [6, 6.07) is 0.455.